The molecule has 2 unspecified atom stereocenters. The van der Waals surface area contributed by atoms with Crippen molar-refractivity contribution in [3.05, 3.63) is 11.9 Å². The van der Waals surface area contributed by atoms with Crippen molar-refractivity contribution in [1.82, 2.24) is 30.1 Å². The molecule has 1 aromatic rings. The maximum absolute atomic E-state index is 13.8. The lowest BCUT2D eigenvalue weighted by molar-refractivity contribution is -0.144. The Bertz CT molecular complexity index is 881. The van der Waals surface area contributed by atoms with Crippen molar-refractivity contribution in [3.63, 3.8) is 0 Å². The van der Waals surface area contributed by atoms with Crippen LogP contribution in [-0.4, -0.2) is 86.6 Å². The molecular formula is C25H42N6O3. The minimum atomic E-state index is -0.712. The van der Waals surface area contributed by atoms with E-state index in [2.05, 4.69) is 34.4 Å². The number of carbonyl (C=O) groups excluding carboxylic acids is 2. The van der Waals surface area contributed by atoms with Gasteiger partial charge in [-0.1, -0.05) is 39.8 Å². The first-order valence-corrected chi connectivity index (χ1v) is 12.8. The highest BCUT2D eigenvalue weighted by Crippen LogP contribution is 2.40. The molecule has 3 atom stereocenters. The second-order valence-electron chi connectivity index (χ2n) is 12.4. The Labute approximate surface area is 203 Å². The number of rotatable bonds is 8. The number of carbonyl (C=O) groups is 2. The molecule has 1 aromatic heterocycles. The van der Waals surface area contributed by atoms with E-state index in [0.29, 0.717) is 12.5 Å². The zero-order valence-corrected chi connectivity index (χ0v) is 21.5. The zero-order chi connectivity index (χ0) is 24.7. The second-order valence-corrected chi connectivity index (χ2v) is 12.4. The highest BCUT2D eigenvalue weighted by atomic mass is 16.3. The highest BCUT2D eigenvalue weighted by molar-refractivity contribution is 5.90. The number of hydrogen-bond acceptors (Lipinski definition) is 6. The number of aliphatic hydroxyl groups excluding tert-OH is 1. The molecule has 2 saturated heterocycles. The molecule has 3 aliphatic rings. The molecule has 1 saturated carbocycles. The van der Waals surface area contributed by atoms with Gasteiger partial charge in [-0.3, -0.25) is 9.59 Å². The lowest BCUT2D eigenvalue weighted by Gasteiger charge is -2.35. The van der Waals surface area contributed by atoms with Crippen LogP contribution in [0, 0.1) is 10.8 Å². The van der Waals surface area contributed by atoms with Gasteiger partial charge in [0.15, 0.2) is 0 Å². The van der Waals surface area contributed by atoms with Crippen LogP contribution in [0.5, 0.6) is 0 Å². The lowest BCUT2D eigenvalue weighted by atomic mass is 9.85. The maximum atomic E-state index is 13.8. The molecule has 0 radical (unpaired) electrons. The minimum absolute atomic E-state index is 0.0695. The van der Waals surface area contributed by atoms with Crippen LogP contribution in [0.1, 0.15) is 84.4 Å². The second kappa shape index (κ2) is 9.57. The Morgan fingerprint density at radius 1 is 1.18 bits per heavy atom. The molecule has 9 heteroatoms. The predicted molar refractivity (Wildman–Crippen MR) is 129 cm³/mol. The summed E-state index contributed by atoms with van der Waals surface area (Å²) in [6, 6.07) is -1.28. The van der Waals surface area contributed by atoms with E-state index in [1.807, 2.05) is 27.0 Å². The standard InChI is InChI=1S/C25H42N6O3/c1-24(2,3)21(31-14-19(27-28-31)17-8-9-17)23(34)30-13-18(32)12-20(30)22(33)26-15-25(4,5)16-29-10-6-7-11-29/h14,17-18,20-21,32H,6-13,15-16H2,1-5H3,(H,26,33)/t18?,20?,21-/m1/s1. The van der Waals surface area contributed by atoms with Gasteiger partial charge in [-0.05, 0) is 49.6 Å². The van der Waals surface area contributed by atoms with Gasteiger partial charge in [0.05, 0.1) is 11.8 Å². The molecule has 3 heterocycles. The van der Waals surface area contributed by atoms with Crippen LogP contribution in [0.15, 0.2) is 6.20 Å². The smallest absolute Gasteiger partial charge is 0.248 e. The number of nitrogens with zero attached hydrogens (tertiary/aromatic N) is 5. The van der Waals surface area contributed by atoms with Crippen LogP contribution in [0.2, 0.25) is 0 Å². The van der Waals surface area contributed by atoms with E-state index in [9.17, 15) is 14.7 Å². The zero-order valence-electron chi connectivity index (χ0n) is 21.5. The summed E-state index contributed by atoms with van der Waals surface area (Å²) in [7, 11) is 0. The van der Waals surface area contributed by atoms with Crippen molar-refractivity contribution in [2.45, 2.75) is 90.8 Å². The number of likely N-dealkylation sites (tertiary alicyclic amines) is 2. The first-order valence-electron chi connectivity index (χ1n) is 12.8. The fourth-order valence-electron chi connectivity index (χ4n) is 5.37. The molecule has 0 aromatic carbocycles. The van der Waals surface area contributed by atoms with E-state index in [4.69, 9.17) is 0 Å². The topological polar surface area (TPSA) is 104 Å². The van der Waals surface area contributed by atoms with Crippen molar-refractivity contribution in [2.75, 3.05) is 32.7 Å². The number of β-amino-alcohol motifs (C(OH)–C–C–N with tert-alkyl or cyclic N) is 1. The maximum Gasteiger partial charge on any atom is 0.248 e. The summed E-state index contributed by atoms with van der Waals surface area (Å²) < 4.78 is 1.66. The summed E-state index contributed by atoms with van der Waals surface area (Å²) in [6.07, 6.45) is 6.13. The first kappa shape index (κ1) is 25.1. The largest absolute Gasteiger partial charge is 0.391 e. The van der Waals surface area contributed by atoms with Gasteiger partial charge in [-0.15, -0.1) is 5.10 Å². The van der Waals surface area contributed by atoms with E-state index < -0.39 is 23.6 Å². The van der Waals surface area contributed by atoms with Crippen LogP contribution in [-0.2, 0) is 9.59 Å². The van der Waals surface area contributed by atoms with Gasteiger partial charge in [-0.25, -0.2) is 4.68 Å². The van der Waals surface area contributed by atoms with Gasteiger partial charge in [0.2, 0.25) is 11.8 Å². The van der Waals surface area contributed by atoms with Crippen LogP contribution < -0.4 is 5.32 Å². The van der Waals surface area contributed by atoms with E-state index in [1.165, 1.54) is 12.8 Å². The molecule has 34 heavy (non-hydrogen) atoms. The van der Waals surface area contributed by atoms with Gasteiger partial charge >= 0.3 is 0 Å². The average Bonchev–Trinajstić information content (AvgIpc) is 3.11. The number of aromatic nitrogens is 3. The van der Waals surface area contributed by atoms with Crippen molar-refractivity contribution in [2.24, 2.45) is 10.8 Å². The minimum Gasteiger partial charge on any atom is -0.391 e. The van der Waals surface area contributed by atoms with E-state index >= 15 is 0 Å². The Hall–Kier alpha value is -2.00. The predicted octanol–water partition coefficient (Wildman–Crippen LogP) is 1.94. The Balaban J connectivity index is 1.45. The summed E-state index contributed by atoms with van der Waals surface area (Å²) in [4.78, 5) is 31.1. The van der Waals surface area contributed by atoms with Gasteiger partial charge in [0.1, 0.15) is 12.1 Å². The van der Waals surface area contributed by atoms with Gasteiger partial charge in [0, 0.05) is 38.2 Å². The average molecular weight is 475 g/mol. The number of hydrogen-bond donors (Lipinski definition) is 2. The van der Waals surface area contributed by atoms with Crippen LogP contribution in [0.25, 0.3) is 0 Å². The summed E-state index contributed by atoms with van der Waals surface area (Å²) >= 11 is 0. The van der Waals surface area contributed by atoms with Gasteiger partial charge in [0.25, 0.3) is 0 Å². The summed E-state index contributed by atoms with van der Waals surface area (Å²) in [5.41, 5.74) is 0.427. The van der Waals surface area contributed by atoms with Crippen molar-refractivity contribution in [1.29, 1.82) is 0 Å². The molecule has 9 nitrogen and oxygen atoms in total. The fraction of sp³-hybridized carbons (Fsp3) is 0.840. The molecule has 4 rings (SSSR count). The summed E-state index contributed by atoms with van der Waals surface area (Å²) in [6.45, 7) is 14.2. The summed E-state index contributed by atoms with van der Waals surface area (Å²) in [5.74, 6) is 0.0672. The molecule has 3 fully saturated rings. The van der Waals surface area contributed by atoms with Crippen LogP contribution in [0.3, 0.4) is 0 Å². The third-order valence-electron chi connectivity index (χ3n) is 7.30. The monoisotopic (exact) mass is 474 g/mol. The fourth-order valence-corrected chi connectivity index (χ4v) is 5.37. The normalized spacial score (nSPS) is 25.1. The SMILES string of the molecule is CC(C)(CNC(=O)C1CC(O)CN1C(=O)[C@@H](n1cc(C2CC2)nn1)C(C)(C)C)CN1CCCC1. The third kappa shape index (κ3) is 5.79. The molecule has 2 aliphatic heterocycles. The van der Waals surface area contributed by atoms with E-state index in [0.717, 1.165) is 38.2 Å². The molecule has 2 amide bonds. The highest BCUT2D eigenvalue weighted by Gasteiger charge is 2.45. The van der Waals surface area contributed by atoms with Crippen molar-refractivity contribution < 1.29 is 14.7 Å². The third-order valence-corrected chi connectivity index (χ3v) is 7.30. The van der Waals surface area contributed by atoms with Gasteiger partial charge < -0.3 is 20.2 Å². The van der Waals surface area contributed by atoms with E-state index in [-0.39, 0.29) is 30.2 Å². The molecule has 0 bridgehead atoms. The van der Waals surface area contributed by atoms with Gasteiger partial charge in [-0.2, -0.15) is 0 Å². The van der Waals surface area contributed by atoms with Crippen molar-refractivity contribution in [3.8, 4) is 0 Å². The number of nitrogens with one attached hydrogen (secondary N) is 1. The Morgan fingerprint density at radius 3 is 2.47 bits per heavy atom. The molecule has 2 N–H and O–H groups in total. The van der Waals surface area contributed by atoms with Crippen LogP contribution >= 0.6 is 0 Å². The van der Waals surface area contributed by atoms with Crippen molar-refractivity contribution >= 4 is 11.8 Å². The lowest BCUT2D eigenvalue weighted by Crippen LogP contribution is -2.52. The molecular weight excluding hydrogens is 432 g/mol. The van der Waals surface area contributed by atoms with Crippen LogP contribution in [0.4, 0.5) is 0 Å². The molecule has 190 valence electrons. The molecule has 0 spiro atoms. The van der Waals surface area contributed by atoms with E-state index in [1.54, 1.807) is 9.58 Å². The summed E-state index contributed by atoms with van der Waals surface area (Å²) in [5, 5.41) is 22.1. The Morgan fingerprint density at radius 2 is 1.85 bits per heavy atom. The molecule has 1 aliphatic carbocycles. The quantitative estimate of drug-likeness (QED) is 0.597. The first-order chi connectivity index (χ1) is 15.9. The number of aliphatic hydroxyl groups is 1. The Kier molecular flexibility index (Phi) is 7.06. The number of amides is 2.